The third-order valence-electron chi connectivity index (χ3n) is 9.49. The van der Waals surface area contributed by atoms with Crippen LogP contribution in [0.1, 0.15) is 22.9 Å². The van der Waals surface area contributed by atoms with Gasteiger partial charge in [-0.3, -0.25) is 0 Å². The van der Waals surface area contributed by atoms with Crippen molar-refractivity contribution >= 4 is 33.2 Å². The smallest absolute Gasteiger partial charge is 0.169 e. The molecule has 0 amide bonds. The van der Waals surface area contributed by atoms with E-state index in [1.165, 1.54) is 43.8 Å². The van der Waals surface area contributed by atoms with E-state index >= 15 is 0 Å². The lowest BCUT2D eigenvalue weighted by atomic mass is 9.98. The quantitative estimate of drug-likeness (QED) is 0.193. The van der Waals surface area contributed by atoms with E-state index in [1.54, 1.807) is 0 Å². The van der Waals surface area contributed by atoms with E-state index < -0.39 is 6.17 Å². The van der Waals surface area contributed by atoms with E-state index in [1.807, 2.05) is 6.07 Å². The molecule has 0 saturated heterocycles. The SMILES string of the molecule is c1ccc(-c2ccc(C3=NC(c4cccc(-c5ccc6ccccc6c5)c4)N=C(c4cccc(-c5ccc6ccccc6c5)c4)N3)cc2)cc1. The van der Waals surface area contributed by atoms with Crippen LogP contribution in [0.15, 0.2) is 198 Å². The minimum Gasteiger partial charge on any atom is -0.324 e. The Morgan fingerprint density at radius 2 is 0.740 bits per heavy atom. The van der Waals surface area contributed by atoms with Crippen LogP contribution in [0.4, 0.5) is 0 Å². The number of amidine groups is 2. The molecule has 1 aliphatic heterocycles. The molecule has 1 heterocycles. The molecule has 0 fully saturated rings. The van der Waals surface area contributed by atoms with E-state index in [2.05, 4.69) is 187 Å². The average Bonchev–Trinajstić information content (AvgIpc) is 3.21. The van der Waals surface area contributed by atoms with Crippen molar-refractivity contribution in [3.8, 4) is 33.4 Å². The zero-order valence-electron chi connectivity index (χ0n) is 27.4. The van der Waals surface area contributed by atoms with Crippen LogP contribution >= 0.6 is 0 Å². The van der Waals surface area contributed by atoms with Crippen molar-refractivity contribution < 1.29 is 0 Å². The lowest BCUT2D eigenvalue weighted by molar-refractivity contribution is 0.756. The first-order valence-electron chi connectivity index (χ1n) is 17.0. The van der Waals surface area contributed by atoms with Gasteiger partial charge in [0.15, 0.2) is 6.17 Å². The van der Waals surface area contributed by atoms with Crippen molar-refractivity contribution in [1.82, 2.24) is 5.32 Å². The average molecular weight is 640 g/mol. The third-order valence-corrected chi connectivity index (χ3v) is 9.49. The predicted molar refractivity (Wildman–Crippen MR) is 210 cm³/mol. The molecule has 1 atom stereocenters. The highest BCUT2D eigenvalue weighted by molar-refractivity contribution is 6.16. The molecule has 3 heteroatoms. The van der Waals surface area contributed by atoms with Gasteiger partial charge in [-0.2, -0.15) is 0 Å². The first-order valence-corrected chi connectivity index (χ1v) is 17.0. The normalized spacial score (nSPS) is 14.2. The van der Waals surface area contributed by atoms with Gasteiger partial charge in [-0.1, -0.05) is 164 Å². The van der Waals surface area contributed by atoms with Gasteiger partial charge in [0.25, 0.3) is 0 Å². The van der Waals surface area contributed by atoms with E-state index in [-0.39, 0.29) is 0 Å². The Balaban J connectivity index is 1.11. The monoisotopic (exact) mass is 639 g/mol. The van der Waals surface area contributed by atoms with Crippen LogP contribution in [0.3, 0.4) is 0 Å². The topological polar surface area (TPSA) is 36.8 Å². The predicted octanol–water partition coefficient (Wildman–Crippen LogP) is 11.5. The van der Waals surface area contributed by atoms with Crippen LogP contribution in [-0.2, 0) is 0 Å². The second-order valence-electron chi connectivity index (χ2n) is 12.7. The molecule has 0 radical (unpaired) electrons. The molecule has 0 bridgehead atoms. The third kappa shape index (κ3) is 5.86. The van der Waals surface area contributed by atoms with Crippen LogP contribution in [0.25, 0.3) is 54.9 Å². The molecular formula is C47H33N3. The Morgan fingerprint density at radius 3 is 1.40 bits per heavy atom. The second kappa shape index (κ2) is 12.8. The number of fused-ring (bicyclic) bond motifs is 2. The molecule has 50 heavy (non-hydrogen) atoms. The van der Waals surface area contributed by atoms with Crippen molar-refractivity contribution in [3.63, 3.8) is 0 Å². The maximum absolute atomic E-state index is 5.25. The fraction of sp³-hybridized carbons (Fsp3) is 0.0213. The number of rotatable bonds is 6. The van der Waals surface area contributed by atoms with Crippen molar-refractivity contribution in [1.29, 1.82) is 0 Å². The molecule has 0 aliphatic carbocycles. The Kier molecular flexibility index (Phi) is 7.56. The number of hydrogen-bond acceptors (Lipinski definition) is 3. The van der Waals surface area contributed by atoms with Gasteiger partial charge < -0.3 is 5.32 Å². The maximum Gasteiger partial charge on any atom is 0.169 e. The van der Waals surface area contributed by atoms with Crippen molar-refractivity contribution in [2.24, 2.45) is 9.98 Å². The summed E-state index contributed by atoms with van der Waals surface area (Å²) in [4.78, 5) is 10.5. The Bertz CT molecular complexity index is 2560. The number of nitrogens with one attached hydrogen (secondary N) is 1. The van der Waals surface area contributed by atoms with Gasteiger partial charge in [-0.05, 0) is 84.8 Å². The minimum absolute atomic E-state index is 0.417. The summed E-state index contributed by atoms with van der Waals surface area (Å²) in [6, 6.07) is 66.6. The van der Waals surface area contributed by atoms with Crippen LogP contribution in [0.5, 0.6) is 0 Å². The molecule has 3 nitrogen and oxygen atoms in total. The fourth-order valence-electron chi connectivity index (χ4n) is 6.81. The highest BCUT2D eigenvalue weighted by Gasteiger charge is 2.21. The van der Waals surface area contributed by atoms with Crippen LogP contribution in [0.2, 0.25) is 0 Å². The first kappa shape index (κ1) is 29.6. The van der Waals surface area contributed by atoms with Gasteiger partial charge >= 0.3 is 0 Å². The van der Waals surface area contributed by atoms with Gasteiger partial charge in [0.1, 0.15) is 11.7 Å². The summed E-state index contributed by atoms with van der Waals surface area (Å²) in [7, 11) is 0. The Labute approximate surface area is 292 Å². The van der Waals surface area contributed by atoms with Crippen LogP contribution < -0.4 is 5.32 Å². The molecule has 1 N–H and O–H groups in total. The van der Waals surface area contributed by atoms with Crippen molar-refractivity contribution in [2.45, 2.75) is 6.17 Å². The summed E-state index contributed by atoms with van der Waals surface area (Å²) in [6.07, 6.45) is -0.417. The van der Waals surface area contributed by atoms with Gasteiger partial charge in [0.05, 0.1) is 0 Å². The Hall–Kier alpha value is -6.58. The van der Waals surface area contributed by atoms with E-state index in [9.17, 15) is 0 Å². The minimum atomic E-state index is -0.417. The molecule has 8 aromatic rings. The van der Waals surface area contributed by atoms with Gasteiger partial charge in [-0.15, -0.1) is 0 Å². The molecule has 1 unspecified atom stereocenters. The summed E-state index contributed by atoms with van der Waals surface area (Å²) in [5, 5.41) is 8.54. The lowest BCUT2D eigenvalue weighted by Crippen LogP contribution is -2.36. The number of benzene rings is 8. The maximum atomic E-state index is 5.25. The fourth-order valence-corrected chi connectivity index (χ4v) is 6.81. The number of hydrogen-bond donors (Lipinski definition) is 1. The van der Waals surface area contributed by atoms with E-state index in [4.69, 9.17) is 9.98 Å². The van der Waals surface area contributed by atoms with Crippen LogP contribution in [-0.4, -0.2) is 11.7 Å². The largest absolute Gasteiger partial charge is 0.324 e. The molecule has 0 aromatic heterocycles. The number of nitrogens with zero attached hydrogens (tertiary/aromatic N) is 2. The molecule has 1 aliphatic rings. The van der Waals surface area contributed by atoms with Crippen molar-refractivity contribution in [3.05, 3.63) is 205 Å². The summed E-state index contributed by atoms with van der Waals surface area (Å²) in [5.74, 6) is 1.60. The van der Waals surface area contributed by atoms with Gasteiger partial charge in [-0.25, -0.2) is 9.98 Å². The molecule has 236 valence electrons. The number of aliphatic imine (C=N–C) groups is 2. The van der Waals surface area contributed by atoms with E-state index in [0.29, 0.717) is 0 Å². The zero-order valence-corrected chi connectivity index (χ0v) is 27.4. The zero-order chi connectivity index (χ0) is 33.3. The summed E-state index contributed by atoms with van der Waals surface area (Å²) >= 11 is 0. The molecule has 0 saturated carbocycles. The summed E-state index contributed by atoms with van der Waals surface area (Å²) < 4.78 is 0. The van der Waals surface area contributed by atoms with Crippen molar-refractivity contribution in [2.75, 3.05) is 0 Å². The van der Waals surface area contributed by atoms with E-state index in [0.717, 1.165) is 39.5 Å². The highest BCUT2D eigenvalue weighted by atomic mass is 15.2. The molecule has 0 spiro atoms. The lowest BCUT2D eigenvalue weighted by Gasteiger charge is -2.23. The summed E-state index contributed by atoms with van der Waals surface area (Å²) in [6.45, 7) is 0. The van der Waals surface area contributed by atoms with Crippen LogP contribution in [0, 0.1) is 0 Å². The van der Waals surface area contributed by atoms with Gasteiger partial charge in [0, 0.05) is 11.1 Å². The first-order chi connectivity index (χ1) is 24.7. The Morgan fingerprint density at radius 1 is 0.300 bits per heavy atom. The highest BCUT2D eigenvalue weighted by Crippen LogP contribution is 2.32. The molecular weight excluding hydrogens is 607 g/mol. The summed E-state index contributed by atoms with van der Waals surface area (Å²) in [5.41, 5.74) is 10.1. The standard InChI is InChI=1S/C47H33N3/c1-2-10-32(11-3-1)35-20-24-36(25-21-35)45-48-46(43-18-8-16-39(30-43)41-26-22-33-12-4-6-14-37(33)28-41)50-47(49-45)44-19-9-17-40(31-44)42-27-23-34-13-5-7-15-38(34)29-42/h1-31,46H,(H,48,49,50). The second-order valence-corrected chi connectivity index (χ2v) is 12.7. The molecule has 9 rings (SSSR count). The van der Waals surface area contributed by atoms with Gasteiger partial charge in [0.2, 0.25) is 0 Å². The molecule has 8 aromatic carbocycles.